The maximum absolute atomic E-state index is 12.3. The Balaban J connectivity index is 2.06. The van der Waals surface area contributed by atoms with Gasteiger partial charge >= 0.3 is 0 Å². The van der Waals surface area contributed by atoms with Crippen LogP contribution >= 0.6 is 11.6 Å². The third kappa shape index (κ3) is 4.26. The summed E-state index contributed by atoms with van der Waals surface area (Å²) in [7, 11) is 3.73. The molecule has 0 fully saturated rings. The molecule has 0 saturated carbocycles. The molecule has 0 aliphatic carbocycles. The Bertz CT molecular complexity index is 699. The lowest BCUT2D eigenvalue weighted by molar-refractivity contribution is -0.117. The molecule has 0 saturated heterocycles. The third-order valence-electron chi connectivity index (χ3n) is 3.22. The number of nitrogens with one attached hydrogen (secondary N) is 2. The van der Waals surface area contributed by atoms with E-state index in [0.717, 1.165) is 5.69 Å². The van der Waals surface area contributed by atoms with E-state index in [4.69, 9.17) is 16.0 Å². The zero-order valence-corrected chi connectivity index (χ0v) is 13.8. The molecular weight excluding hydrogens is 318 g/mol. The highest BCUT2D eigenvalue weighted by Crippen LogP contribution is 2.27. The van der Waals surface area contributed by atoms with E-state index < -0.39 is 6.04 Å². The van der Waals surface area contributed by atoms with Gasteiger partial charge in [-0.1, -0.05) is 11.6 Å². The van der Waals surface area contributed by atoms with E-state index in [-0.39, 0.29) is 11.8 Å². The first-order chi connectivity index (χ1) is 10.9. The molecule has 0 unspecified atom stereocenters. The summed E-state index contributed by atoms with van der Waals surface area (Å²) in [5, 5.41) is 5.90. The van der Waals surface area contributed by atoms with Crippen LogP contribution in [0.25, 0.3) is 0 Å². The Hall–Kier alpha value is -2.47. The van der Waals surface area contributed by atoms with Crippen LogP contribution in [0.5, 0.6) is 0 Å². The van der Waals surface area contributed by atoms with Crippen molar-refractivity contribution in [2.24, 2.45) is 0 Å². The molecule has 0 radical (unpaired) electrons. The number of hydrogen-bond donors (Lipinski definition) is 2. The van der Waals surface area contributed by atoms with Gasteiger partial charge in [-0.05, 0) is 31.2 Å². The predicted molar refractivity (Wildman–Crippen MR) is 90.0 cm³/mol. The molecule has 1 aromatic carbocycles. The highest BCUT2D eigenvalue weighted by atomic mass is 35.5. The number of carbonyl (C=O) groups excluding carboxylic acids is 2. The molecular formula is C16H18ClN3O3. The summed E-state index contributed by atoms with van der Waals surface area (Å²) < 4.78 is 4.85. The Morgan fingerprint density at radius 2 is 2.00 bits per heavy atom. The lowest BCUT2D eigenvalue weighted by atomic mass is 10.2. The largest absolute Gasteiger partial charge is 0.472 e. The van der Waals surface area contributed by atoms with Crippen LogP contribution in [0.3, 0.4) is 0 Å². The number of carbonyl (C=O) groups is 2. The summed E-state index contributed by atoms with van der Waals surface area (Å²) in [5.41, 5.74) is 1.76. The van der Waals surface area contributed by atoms with Crippen molar-refractivity contribution in [3.05, 3.63) is 47.4 Å². The molecule has 0 aliphatic rings. The van der Waals surface area contributed by atoms with Crippen LogP contribution in [0, 0.1) is 0 Å². The van der Waals surface area contributed by atoms with E-state index in [9.17, 15) is 9.59 Å². The summed E-state index contributed by atoms with van der Waals surface area (Å²) in [6.07, 6.45) is 2.72. The number of anilines is 2. The van der Waals surface area contributed by atoms with Crippen molar-refractivity contribution in [1.29, 1.82) is 0 Å². The summed E-state index contributed by atoms with van der Waals surface area (Å²) in [6, 6.07) is 6.04. The van der Waals surface area contributed by atoms with Crippen LogP contribution in [0.1, 0.15) is 17.3 Å². The van der Waals surface area contributed by atoms with Crippen LogP contribution < -0.4 is 15.5 Å². The zero-order valence-electron chi connectivity index (χ0n) is 13.1. The normalized spacial score (nSPS) is 11.7. The van der Waals surface area contributed by atoms with Crippen LogP contribution in [0.2, 0.25) is 5.02 Å². The fraction of sp³-hybridized carbons (Fsp3) is 0.250. The molecule has 23 heavy (non-hydrogen) atoms. The molecule has 2 N–H and O–H groups in total. The standard InChI is InChI=1S/C16H18ClN3O3/c1-10(18-16(22)11-6-7-23-9-11)15(21)19-13-8-12(17)4-5-14(13)20(2)3/h4-10H,1-3H3,(H,18,22)(H,19,21)/t10-/m0/s1. The van der Waals surface area contributed by atoms with Gasteiger partial charge in [-0.2, -0.15) is 0 Å². The van der Waals surface area contributed by atoms with Gasteiger partial charge in [-0.3, -0.25) is 9.59 Å². The van der Waals surface area contributed by atoms with Crippen LogP contribution in [-0.4, -0.2) is 32.0 Å². The van der Waals surface area contributed by atoms with Crippen LogP contribution in [0.4, 0.5) is 11.4 Å². The summed E-state index contributed by atoms with van der Waals surface area (Å²) in [5.74, 6) is -0.715. The molecule has 0 spiro atoms. The number of rotatable bonds is 5. The Morgan fingerprint density at radius 1 is 1.26 bits per heavy atom. The van der Waals surface area contributed by atoms with Crippen LogP contribution in [-0.2, 0) is 4.79 Å². The smallest absolute Gasteiger partial charge is 0.255 e. The van der Waals surface area contributed by atoms with Crippen molar-refractivity contribution in [2.45, 2.75) is 13.0 Å². The fourth-order valence-corrected chi connectivity index (χ4v) is 2.15. The monoisotopic (exact) mass is 335 g/mol. The molecule has 0 aliphatic heterocycles. The molecule has 0 bridgehead atoms. The molecule has 2 aromatic rings. The fourth-order valence-electron chi connectivity index (χ4n) is 1.98. The minimum absolute atomic E-state index is 0.341. The quantitative estimate of drug-likeness (QED) is 0.881. The zero-order chi connectivity index (χ0) is 17.0. The number of nitrogens with zero attached hydrogens (tertiary/aromatic N) is 1. The first-order valence-corrected chi connectivity index (χ1v) is 7.37. The van der Waals surface area contributed by atoms with Crippen molar-refractivity contribution in [2.75, 3.05) is 24.3 Å². The van der Waals surface area contributed by atoms with E-state index in [0.29, 0.717) is 16.3 Å². The number of amides is 2. The molecule has 2 rings (SSSR count). The molecule has 7 heteroatoms. The van der Waals surface area contributed by atoms with Gasteiger partial charge in [0, 0.05) is 19.1 Å². The summed E-state index contributed by atoms with van der Waals surface area (Å²) in [6.45, 7) is 1.60. The lowest BCUT2D eigenvalue weighted by Crippen LogP contribution is -2.41. The third-order valence-corrected chi connectivity index (χ3v) is 3.46. The van der Waals surface area contributed by atoms with Gasteiger partial charge in [0.2, 0.25) is 5.91 Å². The molecule has 1 atom stereocenters. The molecule has 122 valence electrons. The van der Waals surface area contributed by atoms with Gasteiger partial charge < -0.3 is 20.0 Å². The average Bonchev–Trinajstić information content (AvgIpc) is 3.01. The summed E-state index contributed by atoms with van der Waals surface area (Å²) >= 11 is 5.99. The minimum Gasteiger partial charge on any atom is -0.472 e. The van der Waals surface area contributed by atoms with Crippen LogP contribution in [0.15, 0.2) is 41.2 Å². The first-order valence-electron chi connectivity index (χ1n) is 6.99. The SMILES string of the molecule is C[C@H](NC(=O)c1ccoc1)C(=O)Nc1cc(Cl)ccc1N(C)C. The van der Waals surface area contributed by atoms with Gasteiger partial charge in [0.1, 0.15) is 12.3 Å². The predicted octanol–water partition coefficient (Wildman–Crippen LogP) is 2.76. The van der Waals surface area contributed by atoms with Crippen molar-refractivity contribution < 1.29 is 14.0 Å². The first kappa shape index (κ1) is 16.9. The van der Waals surface area contributed by atoms with E-state index in [1.165, 1.54) is 18.6 Å². The van der Waals surface area contributed by atoms with Crippen molar-refractivity contribution >= 4 is 34.8 Å². The Morgan fingerprint density at radius 3 is 2.61 bits per heavy atom. The highest BCUT2D eigenvalue weighted by molar-refractivity contribution is 6.31. The van der Waals surface area contributed by atoms with Gasteiger partial charge in [-0.15, -0.1) is 0 Å². The number of hydrogen-bond acceptors (Lipinski definition) is 4. The number of benzene rings is 1. The maximum atomic E-state index is 12.3. The van der Waals surface area contributed by atoms with Crippen molar-refractivity contribution in [1.82, 2.24) is 5.32 Å². The van der Waals surface area contributed by atoms with Gasteiger partial charge in [0.05, 0.1) is 23.2 Å². The second-order valence-corrected chi connectivity index (χ2v) is 5.69. The van der Waals surface area contributed by atoms with E-state index >= 15 is 0 Å². The second-order valence-electron chi connectivity index (χ2n) is 5.25. The Kier molecular flexibility index (Phi) is 5.28. The highest BCUT2D eigenvalue weighted by Gasteiger charge is 2.18. The average molecular weight is 336 g/mol. The van der Waals surface area contributed by atoms with Gasteiger partial charge in [-0.25, -0.2) is 0 Å². The molecule has 1 aromatic heterocycles. The van der Waals surface area contributed by atoms with Gasteiger partial charge in [0.15, 0.2) is 0 Å². The maximum Gasteiger partial charge on any atom is 0.255 e. The summed E-state index contributed by atoms with van der Waals surface area (Å²) in [4.78, 5) is 26.1. The number of furan rings is 1. The van der Waals surface area contributed by atoms with E-state index in [1.807, 2.05) is 25.1 Å². The lowest BCUT2D eigenvalue weighted by Gasteiger charge is -2.20. The van der Waals surface area contributed by atoms with Crippen molar-refractivity contribution in [3.63, 3.8) is 0 Å². The second kappa shape index (κ2) is 7.19. The van der Waals surface area contributed by atoms with E-state index in [1.54, 1.807) is 19.1 Å². The Labute approximate surface area is 139 Å². The number of halogens is 1. The van der Waals surface area contributed by atoms with Gasteiger partial charge in [0.25, 0.3) is 5.91 Å². The molecule has 1 heterocycles. The minimum atomic E-state index is -0.716. The molecule has 6 nitrogen and oxygen atoms in total. The van der Waals surface area contributed by atoms with E-state index in [2.05, 4.69) is 10.6 Å². The molecule has 2 amide bonds. The topological polar surface area (TPSA) is 74.6 Å². The van der Waals surface area contributed by atoms with Crippen molar-refractivity contribution in [3.8, 4) is 0 Å².